The molecule has 1 heterocycles. The van der Waals surface area contributed by atoms with Gasteiger partial charge in [0.25, 0.3) is 0 Å². The summed E-state index contributed by atoms with van der Waals surface area (Å²) in [6.07, 6.45) is -2.62. The van der Waals surface area contributed by atoms with Crippen molar-refractivity contribution in [2.24, 2.45) is 0 Å². The van der Waals surface area contributed by atoms with Gasteiger partial charge in [0, 0.05) is 12.7 Å². The fourth-order valence-corrected chi connectivity index (χ4v) is 2.04. The second-order valence-corrected chi connectivity index (χ2v) is 5.13. The molecule has 0 saturated carbocycles. The number of aromatic nitrogens is 1. The molecule has 0 unspecified atom stereocenters. The Morgan fingerprint density at radius 1 is 1.15 bits per heavy atom. The van der Waals surface area contributed by atoms with Gasteiger partial charge < -0.3 is 5.32 Å². The molecule has 0 bridgehead atoms. The maximum atomic E-state index is 12.4. The van der Waals surface area contributed by atoms with E-state index in [1.807, 2.05) is 13.0 Å². The third kappa shape index (κ3) is 3.50. The van der Waals surface area contributed by atoms with Crippen LogP contribution in [0.4, 0.5) is 19.0 Å². The second-order valence-electron chi connectivity index (χ2n) is 4.34. The Hall–Kier alpha value is -1.56. The molecule has 0 spiro atoms. The first-order valence-corrected chi connectivity index (χ1v) is 6.68. The summed E-state index contributed by atoms with van der Waals surface area (Å²) in [5.41, 5.74) is 1.15. The first kappa shape index (κ1) is 14.8. The molecule has 2 nitrogen and oxygen atoms in total. The average molecular weight is 345 g/mol. The lowest BCUT2D eigenvalue weighted by Gasteiger charge is -2.10. The van der Waals surface area contributed by atoms with Crippen LogP contribution in [0.25, 0.3) is 0 Å². The maximum Gasteiger partial charge on any atom is 0.416 e. The van der Waals surface area contributed by atoms with Crippen LogP contribution in [0.2, 0.25) is 0 Å². The van der Waals surface area contributed by atoms with Gasteiger partial charge in [0.15, 0.2) is 0 Å². The lowest BCUT2D eigenvalue weighted by atomic mass is 10.1. The fraction of sp³-hybridized carbons (Fsp3) is 0.214. The van der Waals surface area contributed by atoms with E-state index in [4.69, 9.17) is 0 Å². The van der Waals surface area contributed by atoms with Crippen LogP contribution in [0, 0.1) is 6.92 Å². The van der Waals surface area contributed by atoms with Gasteiger partial charge in [-0.2, -0.15) is 13.2 Å². The minimum Gasteiger partial charge on any atom is -0.365 e. The van der Waals surface area contributed by atoms with E-state index in [1.165, 1.54) is 12.1 Å². The van der Waals surface area contributed by atoms with E-state index in [-0.39, 0.29) is 0 Å². The number of nitrogens with zero attached hydrogens (tertiary/aromatic N) is 1. The molecule has 0 atom stereocenters. The van der Waals surface area contributed by atoms with Gasteiger partial charge >= 0.3 is 6.18 Å². The van der Waals surface area contributed by atoms with Crippen molar-refractivity contribution >= 4 is 21.7 Å². The predicted octanol–water partition coefficient (Wildman–Crippen LogP) is 4.78. The molecule has 20 heavy (non-hydrogen) atoms. The number of hydrogen-bond donors (Lipinski definition) is 1. The van der Waals surface area contributed by atoms with E-state index in [0.717, 1.165) is 27.7 Å². The predicted molar refractivity (Wildman–Crippen MR) is 75.4 cm³/mol. The van der Waals surface area contributed by atoms with Gasteiger partial charge in [-0.3, -0.25) is 0 Å². The summed E-state index contributed by atoms with van der Waals surface area (Å²) in [5, 5.41) is 3.09. The third-order valence-electron chi connectivity index (χ3n) is 2.82. The fourth-order valence-electron chi connectivity index (χ4n) is 1.66. The summed E-state index contributed by atoms with van der Waals surface area (Å²) in [7, 11) is 0. The van der Waals surface area contributed by atoms with E-state index in [2.05, 4.69) is 26.2 Å². The zero-order valence-corrected chi connectivity index (χ0v) is 12.2. The molecule has 1 N–H and O–H groups in total. The number of nitrogens with one attached hydrogen (secondary N) is 1. The Balaban J connectivity index is 2.06. The molecule has 0 amide bonds. The summed E-state index contributed by atoms with van der Waals surface area (Å²) in [5.74, 6) is 0.671. The molecule has 0 radical (unpaired) electrons. The SMILES string of the molecule is Cc1ccnc(NCc2ccc(C(F)(F)F)cc2)c1Br. The topological polar surface area (TPSA) is 24.9 Å². The molecule has 2 rings (SSSR count). The second kappa shape index (κ2) is 5.83. The smallest absolute Gasteiger partial charge is 0.365 e. The van der Waals surface area contributed by atoms with Crippen molar-refractivity contribution in [1.29, 1.82) is 0 Å². The Morgan fingerprint density at radius 3 is 2.40 bits per heavy atom. The molecule has 106 valence electrons. The molecule has 0 aliphatic carbocycles. The summed E-state index contributed by atoms with van der Waals surface area (Å²) in [4.78, 5) is 4.17. The number of anilines is 1. The average Bonchev–Trinajstić information content (AvgIpc) is 2.40. The van der Waals surface area contributed by atoms with Crippen LogP contribution in [0.1, 0.15) is 16.7 Å². The van der Waals surface area contributed by atoms with E-state index >= 15 is 0 Å². The van der Waals surface area contributed by atoms with Gasteiger partial charge in [0.2, 0.25) is 0 Å². The Labute approximate surface area is 123 Å². The van der Waals surface area contributed by atoms with Crippen molar-refractivity contribution in [2.45, 2.75) is 19.6 Å². The third-order valence-corrected chi connectivity index (χ3v) is 3.82. The van der Waals surface area contributed by atoms with Crippen molar-refractivity contribution < 1.29 is 13.2 Å². The van der Waals surface area contributed by atoms with Gasteiger partial charge in [-0.15, -0.1) is 0 Å². The number of halogens is 4. The van der Waals surface area contributed by atoms with Crippen molar-refractivity contribution in [2.75, 3.05) is 5.32 Å². The van der Waals surface area contributed by atoms with Gasteiger partial charge in [0.1, 0.15) is 5.82 Å². The number of rotatable bonds is 3. The summed E-state index contributed by atoms with van der Waals surface area (Å²) >= 11 is 3.42. The molecule has 2 aromatic rings. The monoisotopic (exact) mass is 344 g/mol. The Kier molecular flexibility index (Phi) is 4.32. The Bertz CT molecular complexity index is 594. The van der Waals surface area contributed by atoms with E-state index in [9.17, 15) is 13.2 Å². The normalized spacial score (nSPS) is 11.4. The minimum atomic E-state index is -4.30. The standard InChI is InChI=1S/C14H12BrF3N2/c1-9-6-7-19-13(12(9)15)20-8-10-2-4-11(5-3-10)14(16,17)18/h2-7H,8H2,1H3,(H,19,20). The van der Waals surface area contributed by atoms with E-state index in [0.29, 0.717) is 12.4 Å². The molecule has 0 fully saturated rings. The van der Waals surface area contributed by atoms with Crippen LogP contribution in [-0.4, -0.2) is 4.98 Å². The van der Waals surface area contributed by atoms with Gasteiger partial charge in [-0.05, 0) is 52.2 Å². The van der Waals surface area contributed by atoms with E-state index < -0.39 is 11.7 Å². The zero-order valence-electron chi connectivity index (χ0n) is 10.6. The van der Waals surface area contributed by atoms with Crippen LogP contribution in [0.3, 0.4) is 0 Å². The maximum absolute atomic E-state index is 12.4. The summed E-state index contributed by atoms with van der Waals surface area (Å²) < 4.78 is 38.2. The van der Waals surface area contributed by atoms with Crippen molar-refractivity contribution in [3.63, 3.8) is 0 Å². The molecule has 1 aromatic heterocycles. The number of hydrogen-bond acceptors (Lipinski definition) is 2. The van der Waals surface area contributed by atoms with Crippen LogP contribution < -0.4 is 5.32 Å². The van der Waals surface area contributed by atoms with Gasteiger partial charge in [-0.25, -0.2) is 4.98 Å². The number of benzene rings is 1. The highest BCUT2D eigenvalue weighted by atomic mass is 79.9. The van der Waals surface area contributed by atoms with Crippen molar-refractivity contribution in [1.82, 2.24) is 4.98 Å². The lowest BCUT2D eigenvalue weighted by Crippen LogP contribution is -2.06. The highest BCUT2D eigenvalue weighted by Gasteiger charge is 2.29. The largest absolute Gasteiger partial charge is 0.416 e. The molecule has 0 aliphatic heterocycles. The first-order valence-electron chi connectivity index (χ1n) is 5.89. The highest BCUT2D eigenvalue weighted by Crippen LogP contribution is 2.29. The molecular weight excluding hydrogens is 333 g/mol. The van der Waals surface area contributed by atoms with Crippen LogP contribution in [0.5, 0.6) is 0 Å². The highest BCUT2D eigenvalue weighted by molar-refractivity contribution is 9.10. The summed E-state index contributed by atoms with van der Waals surface area (Å²) in [6.45, 7) is 2.35. The van der Waals surface area contributed by atoms with Crippen LogP contribution in [-0.2, 0) is 12.7 Å². The summed E-state index contributed by atoms with van der Waals surface area (Å²) in [6, 6.07) is 6.94. The van der Waals surface area contributed by atoms with Crippen LogP contribution >= 0.6 is 15.9 Å². The molecule has 0 saturated heterocycles. The number of aryl methyl sites for hydroxylation is 1. The molecule has 6 heteroatoms. The molecule has 1 aromatic carbocycles. The quantitative estimate of drug-likeness (QED) is 0.866. The number of alkyl halides is 3. The van der Waals surface area contributed by atoms with Gasteiger partial charge in [-0.1, -0.05) is 12.1 Å². The molecule has 0 aliphatic rings. The van der Waals surface area contributed by atoms with Crippen molar-refractivity contribution in [3.05, 3.63) is 57.7 Å². The Morgan fingerprint density at radius 2 is 1.80 bits per heavy atom. The zero-order chi connectivity index (χ0) is 14.8. The lowest BCUT2D eigenvalue weighted by molar-refractivity contribution is -0.137. The first-order chi connectivity index (χ1) is 9.38. The van der Waals surface area contributed by atoms with Crippen molar-refractivity contribution in [3.8, 4) is 0 Å². The number of pyridine rings is 1. The van der Waals surface area contributed by atoms with Gasteiger partial charge in [0.05, 0.1) is 10.0 Å². The van der Waals surface area contributed by atoms with E-state index in [1.54, 1.807) is 6.20 Å². The van der Waals surface area contributed by atoms with Crippen LogP contribution in [0.15, 0.2) is 41.0 Å². The molecular formula is C14H12BrF3N2. The minimum absolute atomic E-state index is 0.410.